The van der Waals surface area contributed by atoms with Crippen molar-refractivity contribution < 1.29 is 23.1 Å². The number of halogens is 3. The molecule has 11 heteroatoms. The first-order valence-electron chi connectivity index (χ1n) is 11.6. The second kappa shape index (κ2) is 8.83. The molecule has 186 valence electrons. The number of amides is 1. The maximum absolute atomic E-state index is 13.1. The predicted molar refractivity (Wildman–Crippen MR) is 120 cm³/mol. The van der Waals surface area contributed by atoms with Crippen LogP contribution in [-0.4, -0.2) is 62.4 Å². The summed E-state index contributed by atoms with van der Waals surface area (Å²) in [5.74, 6) is -1.31. The summed E-state index contributed by atoms with van der Waals surface area (Å²) in [6, 6.07) is 1.70. The molecular weight excluding hydrogens is 451 g/mol. The van der Waals surface area contributed by atoms with Crippen molar-refractivity contribution in [2.45, 2.75) is 63.8 Å². The van der Waals surface area contributed by atoms with Crippen molar-refractivity contribution in [1.82, 2.24) is 19.4 Å². The van der Waals surface area contributed by atoms with E-state index < -0.39 is 35.4 Å². The van der Waals surface area contributed by atoms with Crippen LogP contribution in [0.5, 0.6) is 0 Å². The highest BCUT2D eigenvalue weighted by atomic mass is 19.4. The molecule has 3 heterocycles. The topological polar surface area (TPSA) is 100 Å². The number of hydrogen-bond acceptors (Lipinski definition) is 6. The van der Waals surface area contributed by atoms with Crippen LogP contribution in [-0.2, 0) is 11.3 Å². The maximum Gasteiger partial charge on any atom is 0.389 e. The highest BCUT2D eigenvalue weighted by Gasteiger charge is 2.56. The number of alkyl halides is 3. The number of anilines is 1. The predicted octanol–water partition coefficient (Wildman–Crippen LogP) is 2.95. The van der Waals surface area contributed by atoms with E-state index in [1.54, 1.807) is 19.3 Å². The minimum Gasteiger partial charge on any atom is -0.387 e. The zero-order valence-electron chi connectivity index (χ0n) is 19.4. The lowest BCUT2D eigenvalue weighted by Crippen LogP contribution is -2.62. The van der Waals surface area contributed by atoms with E-state index in [0.717, 1.165) is 12.8 Å². The Hall–Kier alpha value is -2.69. The fraction of sp³-hybridized carbons (Fsp3) is 0.652. The van der Waals surface area contributed by atoms with Crippen LogP contribution in [0.2, 0.25) is 0 Å². The quantitative estimate of drug-likeness (QED) is 0.681. The van der Waals surface area contributed by atoms with Gasteiger partial charge >= 0.3 is 6.18 Å². The van der Waals surface area contributed by atoms with Crippen molar-refractivity contribution in [3.05, 3.63) is 28.8 Å². The molecule has 8 nitrogen and oxygen atoms in total. The second-order valence-electron chi connectivity index (χ2n) is 9.74. The number of piperidine rings is 1. The number of nitrogens with one attached hydrogen (secondary N) is 1. The van der Waals surface area contributed by atoms with Crippen molar-refractivity contribution >= 4 is 22.8 Å². The van der Waals surface area contributed by atoms with E-state index >= 15 is 0 Å². The highest BCUT2D eigenvalue weighted by molar-refractivity contribution is 5.79. The Bertz CT molecular complexity index is 1130. The van der Waals surface area contributed by atoms with Crippen molar-refractivity contribution in [3.63, 3.8) is 0 Å². The Balaban J connectivity index is 1.60. The molecule has 2 aromatic rings. The Morgan fingerprint density at radius 2 is 2.00 bits per heavy atom. The first kappa shape index (κ1) is 24.4. The fourth-order valence-corrected chi connectivity index (χ4v) is 5.63. The summed E-state index contributed by atoms with van der Waals surface area (Å²) >= 11 is 0. The van der Waals surface area contributed by atoms with Crippen LogP contribution in [0.4, 0.5) is 19.1 Å². The van der Waals surface area contributed by atoms with Crippen molar-refractivity contribution in [3.8, 4) is 0 Å². The van der Waals surface area contributed by atoms with E-state index in [4.69, 9.17) is 0 Å². The molecule has 2 N–H and O–H groups in total. The number of carbonyl (C=O) groups is 1. The SMILES string of the molecule is CNc1ncc2c(=O)n(CC3(O)CCN(C(=O)[C@H](C)CC(F)(F)F)CC34CCCC4)ccc2n1. The molecular formula is C23H30F3N5O3. The van der Waals surface area contributed by atoms with E-state index in [-0.39, 0.29) is 31.6 Å². The Morgan fingerprint density at radius 3 is 2.65 bits per heavy atom. The molecule has 1 saturated heterocycles. The molecule has 1 unspecified atom stereocenters. The van der Waals surface area contributed by atoms with E-state index in [1.165, 1.54) is 22.6 Å². The minimum atomic E-state index is -4.41. The van der Waals surface area contributed by atoms with Gasteiger partial charge in [-0.25, -0.2) is 9.97 Å². The maximum atomic E-state index is 13.1. The Morgan fingerprint density at radius 1 is 1.29 bits per heavy atom. The van der Waals surface area contributed by atoms with E-state index in [2.05, 4.69) is 15.3 Å². The molecule has 1 aliphatic heterocycles. The molecule has 1 amide bonds. The minimum absolute atomic E-state index is 0.0374. The molecule has 0 aromatic carbocycles. The lowest BCUT2D eigenvalue weighted by Gasteiger charge is -2.52. The van der Waals surface area contributed by atoms with Gasteiger partial charge in [0.2, 0.25) is 11.9 Å². The third-order valence-electron chi connectivity index (χ3n) is 7.48. The number of rotatable bonds is 5. The summed E-state index contributed by atoms with van der Waals surface area (Å²) in [5, 5.41) is 15.0. The number of carbonyl (C=O) groups excluding carboxylic acids is 1. The molecule has 2 fully saturated rings. The van der Waals surface area contributed by atoms with Crippen LogP contribution in [0.25, 0.3) is 10.9 Å². The molecule has 1 aliphatic carbocycles. The van der Waals surface area contributed by atoms with E-state index in [0.29, 0.717) is 29.7 Å². The lowest BCUT2D eigenvalue weighted by molar-refractivity contribution is -0.172. The zero-order chi connectivity index (χ0) is 24.7. The Kier molecular flexibility index (Phi) is 6.34. The van der Waals surface area contributed by atoms with Crippen molar-refractivity contribution in [2.75, 3.05) is 25.5 Å². The lowest BCUT2D eigenvalue weighted by atomic mass is 9.65. The normalized spacial score (nSPS) is 23.4. The van der Waals surface area contributed by atoms with Gasteiger partial charge in [0.25, 0.3) is 5.56 Å². The van der Waals surface area contributed by atoms with Gasteiger partial charge in [0.1, 0.15) is 0 Å². The molecule has 1 saturated carbocycles. The number of aromatic nitrogens is 3. The molecule has 0 radical (unpaired) electrons. The number of nitrogens with zero attached hydrogens (tertiary/aromatic N) is 4. The summed E-state index contributed by atoms with van der Waals surface area (Å²) in [7, 11) is 1.68. The standard InChI is InChI=1S/C23H30F3N5O3/c1-15(11-23(24,25)26)18(32)31-10-8-22(34,21(13-31)6-3-4-7-21)14-30-9-5-17-16(19(30)33)12-28-20(27-2)29-17/h5,9,12,15,34H,3-4,6-8,10-11,13-14H2,1-2H3,(H,27,28,29)/t15-,22?/m1/s1. The van der Waals surface area contributed by atoms with Crippen LogP contribution < -0.4 is 10.9 Å². The number of aliphatic hydroxyl groups is 1. The average Bonchev–Trinajstić information content (AvgIpc) is 3.26. The summed E-state index contributed by atoms with van der Waals surface area (Å²) in [4.78, 5) is 35.8. The van der Waals surface area contributed by atoms with Gasteiger partial charge < -0.3 is 19.9 Å². The van der Waals surface area contributed by atoms with E-state index in [9.17, 15) is 27.9 Å². The first-order chi connectivity index (χ1) is 16.0. The number of pyridine rings is 1. The van der Waals surface area contributed by atoms with Gasteiger partial charge in [-0.3, -0.25) is 9.59 Å². The third-order valence-corrected chi connectivity index (χ3v) is 7.48. The molecule has 4 rings (SSSR count). The van der Waals surface area contributed by atoms with Gasteiger partial charge in [-0.1, -0.05) is 19.8 Å². The van der Waals surface area contributed by atoms with Gasteiger partial charge in [-0.05, 0) is 25.3 Å². The average molecular weight is 482 g/mol. The van der Waals surface area contributed by atoms with Gasteiger partial charge in [0.05, 0.1) is 29.5 Å². The van der Waals surface area contributed by atoms with Gasteiger partial charge in [0.15, 0.2) is 0 Å². The largest absolute Gasteiger partial charge is 0.389 e. The van der Waals surface area contributed by atoms with Gasteiger partial charge in [-0.15, -0.1) is 0 Å². The molecule has 2 aliphatic rings. The number of hydrogen-bond donors (Lipinski definition) is 2. The molecule has 0 bridgehead atoms. The second-order valence-corrected chi connectivity index (χ2v) is 9.74. The molecule has 2 aromatic heterocycles. The van der Waals surface area contributed by atoms with Crippen LogP contribution >= 0.6 is 0 Å². The van der Waals surface area contributed by atoms with Crippen LogP contribution in [0.1, 0.15) is 45.4 Å². The summed E-state index contributed by atoms with van der Waals surface area (Å²) in [6.07, 6.45) is 0.680. The number of likely N-dealkylation sites (tertiary alicyclic amines) is 1. The van der Waals surface area contributed by atoms with Crippen LogP contribution in [0, 0.1) is 11.3 Å². The third kappa shape index (κ3) is 4.49. The monoisotopic (exact) mass is 481 g/mol. The van der Waals surface area contributed by atoms with Gasteiger partial charge in [0, 0.05) is 43.9 Å². The fourth-order valence-electron chi connectivity index (χ4n) is 5.63. The van der Waals surface area contributed by atoms with Crippen LogP contribution in [0.15, 0.2) is 23.3 Å². The molecule has 2 atom stereocenters. The highest BCUT2D eigenvalue weighted by Crippen LogP contribution is 2.51. The molecule has 1 spiro atoms. The van der Waals surface area contributed by atoms with Gasteiger partial charge in [-0.2, -0.15) is 13.2 Å². The summed E-state index contributed by atoms with van der Waals surface area (Å²) < 4.78 is 39.9. The van der Waals surface area contributed by atoms with Crippen molar-refractivity contribution in [2.24, 2.45) is 11.3 Å². The Labute approximate surface area is 195 Å². The summed E-state index contributed by atoms with van der Waals surface area (Å²) in [5.41, 5.74) is -1.77. The van der Waals surface area contributed by atoms with E-state index in [1.807, 2.05) is 0 Å². The number of fused-ring (bicyclic) bond motifs is 1. The molecule has 34 heavy (non-hydrogen) atoms. The van der Waals surface area contributed by atoms with Crippen LogP contribution in [0.3, 0.4) is 0 Å². The van der Waals surface area contributed by atoms with Crippen molar-refractivity contribution in [1.29, 1.82) is 0 Å². The zero-order valence-corrected chi connectivity index (χ0v) is 19.4. The summed E-state index contributed by atoms with van der Waals surface area (Å²) in [6.45, 7) is 1.68. The first-order valence-corrected chi connectivity index (χ1v) is 11.6. The smallest absolute Gasteiger partial charge is 0.387 e.